The second-order valence-corrected chi connectivity index (χ2v) is 7.94. The maximum atomic E-state index is 13.7. The van der Waals surface area contributed by atoms with E-state index in [1.807, 2.05) is 19.2 Å². The molecular formula is C22H19F3N2O4S. The Kier molecular flexibility index (Phi) is 7.24. The Morgan fingerprint density at radius 1 is 1.12 bits per heavy atom. The van der Waals surface area contributed by atoms with Crippen LogP contribution in [0.1, 0.15) is 25.8 Å². The molecule has 1 atom stereocenters. The highest BCUT2D eigenvalue weighted by atomic mass is 32.2. The molecule has 0 aliphatic carbocycles. The molecule has 0 bridgehead atoms. The van der Waals surface area contributed by atoms with Crippen LogP contribution in [-0.4, -0.2) is 34.6 Å². The summed E-state index contributed by atoms with van der Waals surface area (Å²) < 4.78 is 45.7. The van der Waals surface area contributed by atoms with E-state index in [0.29, 0.717) is 34.0 Å². The molecule has 3 amide bonds. The number of hydrogen-bond acceptors (Lipinski definition) is 5. The number of imide groups is 1. The van der Waals surface area contributed by atoms with Gasteiger partial charge in [0, 0.05) is 0 Å². The third-order valence-electron chi connectivity index (χ3n) is 4.57. The van der Waals surface area contributed by atoms with Gasteiger partial charge in [-0.2, -0.15) is 0 Å². The molecule has 10 heteroatoms. The fourth-order valence-electron chi connectivity index (χ4n) is 2.70. The first-order valence-electron chi connectivity index (χ1n) is 9.65. The number of rotatable bonds is 7. The first-order chi connectivity index (χ1) is 15.2. The smallest absolute Gasteiger partial charge is 0.294 e. The van der Waals surface area contributed by atoms with Crippen molar-refractivity contribution in [1.82, 2.24) is 4.90 Å². The molecule has 1 N–H and O–H groups in total. The number of anilines is 1. The van der Waals surface area contributed by atoms with Gasteiger partial charge < -0.3 is 10.1 Å². The van der Waals surface area contributed by atoms with Crippen LogP contribution in [0.4, 0.5) is 23.7 Å². The molecule has 0 saturated carbocycles. The van der Waals surface area contributed by atoms with Crippen molar-refractivity contribution in [3.8, 4) is 5.75 Å². The van der Waals surface area contributed by atoms with Gasteiger partial charge in [-0.15, -0.1) is 0 Å². The minimum atomic E-state index is -1.74. The number of thioether (sulfide) groups is 1. The fourth-order valence-corrected chi connectivity index (χ4v) is 3.54. The van der Waals surface area contributed by atoms with Crippen molar-refractivity contribution in [2.75, 3.05) is 11.9 Å². The van der Waals surface area contributed by atoms with Crippen molar-refractivity contribution >= 4 is 40.6 Å². The molecule has 32 heavy (non-hydrogen) atoms. The van der Waals surface area contributed by atoms with Crippen LogP contribution in [0, 0.1) is 17.5 Å². The highest BCUT2D eigenvalue weighted by molar-refractivity contribution is 8.18. The zero-order valence-electron chi connectivity index (χ0n) is 17.2. The van der Waals surface area contributed by atoms with Gasteiger partial charge >= 0.3 is 0 Å². The van der Waals surface area contributed by atoms with Crippen LogP contribution >= 0.6 is 11.8 Å². The van der Waals surface area contributed by atoms with Crippen molar-refractivity contribution in [3.63, 3.8) is 0 Å². The van der Waals surface area contributed by atoms with E-state index in [-0.39, 0.29) is 11.0 Å². The zero-order chi connectivity index (χ0) is 23.4. The van der Waals surface area contributed by atoms with Crippen LogP contribution in [0.3, 0.4) is 0 Å². The van der Waals surface area contributed by atoms with Crippen LogP contribution < -0.4 is 10.1 Å². The van der Waals surface area contributed by atoms with E-state index in [1.54, 1.807) is 24.3 Å². The highest BCUT2D eigenvalue weighted by Crippen LogP contribution is 2.32. The second-order valence-electron chi connectivity index (χ2n) is 6.94. The third kappa shape index (κ3) is 5.31. The highest BCUT2D eigenvalue weighted by Gasteiger charge is 2.36. The molecule has 0 unspecified atom stereocenters. The molecule has 1 aliphatic rings. The number of benzene rings is 2. The lowest BCUT2D eigenvalue weighted by atomic mass is 10.2. The van der Waals surface area contributed by atoms with Gasteiger partial charge in [-0.05, 0) is 61.0 Å². The van der Waals surface area contributed by atoms with Gasteiger partial charge in [0.1, 0.15) is 12.3 Å². The predicted octanol–water partition coefficient (Wildman–Crippen LogP) is 4.96. The van der Waals surface area contributed by atoms with Crippen LogP contribution in [-0.2, 0) is 9.59 Å². The summed E-state index contributed by atoms with van der Waals surface area (Å²) >= 11 is 0.655. The van der Waals surface area contributed by atoms with Crippen molar-refractivity contribution in [2.45, 2.75) is 26.4 Å². The first kappa shape index (κ1) is 23.4. The number of nitrogens with one attached hydrogen (secondary N) is 1. The Hall–Kier alpha value is -3.27. The second kappa shape index (κ2) is 9.90. The quantitative estimate of drug-likeness (QED) is 0.463. The summed E-state index contributed by atoms with van der Waals surface area (Å²) in [5.41, 5.74) is 0.0522. The lowest BCUT2D eigenvalue weighted by molar-refractivity contribution is -0.127. The summed E-state index contributed by atoms with van der Waals surface area (Å²) in [6.45, 7) is 3.24. The van der Waals surface area contributed by atoms with Crippen LogP contribution in [0.2, 0.25) is 0 Å². The number of amides is 3. The molecule has 0 spiro atoms. The molecule has 6 nitrogen and oxygen atoms in total. The molecule has 2 aromatic carbocycles. The number of ether oxygens (including phenoxy) is 1. The molecule has 0 aromatic heterocycles. The van der Waals surface area contributed by atoms with E-state index < -0.39 is 46.7 Å². The number of hydrogen-bond donors (Lipinski definition) is 1. The summed E-state index contributed by atoms with van der Waals surface area (Å²) in [6, 6.07) is 8.43. The van der Waals surface area contributed by atoms with Crippen molar-refractivity contribution in [2.24, 2.45) is 0 Å². The van der Waals surface area contributed by atoms with Crippen LogP contribution in [0.5, 0.6) is 5.75 Å². The van der Waals surface area contributed by atoms with E-state index in [0.717, 1.165) is 12.5 Å². The van der Waals surface area contributed by atoms with Gasteiger partial charge in [0.05, 0.1) is 16.7 Å². The normalized spacial score (nSPS) is 15.9. The maximum absolute atomic E-state index is 13.7. The Morgan fingerprint density at radius 2 is 1.81 bits per heavy atom. The first-order valence-corrected chi connectivity index (χ1v) is 10.5. The van der Waals surface area contributed by atoms with E-state index in [1.165, 1.54) is 6.08 Å². The molecule has 2 aromatic rings. The van der Waals surface area contributed by atoms with Gasteiger partial charge in [-0.1, -0.05) is 19.1 Å². The average Bonchev–Trinajstić information content (AvgIpc) is 3.02. The Balaban J connectivity index is 1.66. The topological polar surface area (TPSA) is 75.7 Å². The van der Waals surface area contributed by atoms with E-state index in [2.05, 4.69) is 0 Å². The average molecular weight is 464 g/mol. The molecule has 3 rings (SSSR count). The lowest BCUT2D eigenvalue weighted by Gasteiger charge is -2.13. The van der Waals surface area contributed by atoms with E-state index in [4.69, 9.17) is 4.74 Å². The van der Waals surface area contributed by atoms with Gasteiger partial charge in [-0.3, -0.25) is 19.3 Å². The summed E-state index contributed by atoms with van der Waals surface area (Å²) in [4.78, 5) is 37.7. The SMILES string of the molecule is CC[C@H](C)Oc1ccc(/C=C2\SC(=O)N(CC(=O)Nc3ccc(F)c(F)c3F)C2=O)cc1. The molecule has 1 saturated heterocycles. The number of carbonyl (C=O) groups excluding carboxylic acids is 3. The third-order valence-corrected chi connectivity index (χ3v) is 5.48. The number of carbonyl (C=O) groups is 3. The number of halogens is 3. The minimum Gasteiger partial charge on any atom is -0.491 e. The zero-order valence-corrected chi connectivity index (χ0v) is 18.0. The van der Waals surface area contributed by atoms with Gasteiger partial charge in [0.15, 0.2) is 17.5 Å². The molecule has 168 valence electrons. The Bertz CT molecular complexity index is 1090. The molecular weight excluding hydrogens is 445 g/mol. The van der Waals surface area contributed by atoms with Crippen molar-refractivity contribution in [1.29, 1.82) is 0 Å². The molecule has 1 aliphatic heterocycles. The van der Waals surface area contributed by atoms with Crippen LogP contribution in [0.15, 0.2) is 41.3 Å². The summed E-state index contributed by atoms with van der Waals surface area (Å²) in [5.74, 6) is -5.68. The van der Waals surface area contributed by atoms with Gasteiger partial charge in [0.25, 0.3) is 11.1 Å². The van der Waals surface area contributed by atoms with Crippen molar-refractivity contribution < 1.29 is 32.3 Å². The van der Waals surface area contributed by atoms with E-state index >= 15 is 0 Å². The lowest BCUT2D eigenvalue weighted by Crippen LogP contribution is -2.36. The molecule has 0 radical (unpaired) electrons. The fraction of sp³-hybridized carbons (Fsp3) is 0.227. The Morgan fingerprint density at radius 3 is 2.47 bits per heavy atom. The standard InChI is InChI=1S/C22H19F3N2O4S/c1-3-12(2)31-14-6-4-13(5-7-14)10-17-21(29)27(22(30)32-17)11-18(28)26-16-9-8-15(23)19(24)20(16)25/h4-10,12H,3,11H2,1-2H3,(H,26,28)/b17-10-/t12-/m0/s1. The van der Waals surface area contributed by atoms with E-state index in [9.17, 15) is 27.6 Å². The van der Waals surface area contributed by atoms with Gasteiger partial charge in [-0.25, -0.2) is 13.2 Å². The Labute approximate surface area is 186 Å². The summed E-state index contributed by atoms with van der Waals surface area (Å²) in [5, 5.41) is 1.35. The molecule has 1 fully saturated rings. The summed E-state index contributed by atoms with van der Waals surface area (Å²) in [7, 11) is 0. The monoisotopic (exact) mass is 464 g/mol. The maximum Gasteiger partial charge on any atom is 0.294 e. The largest absolute Gasteiger partial charge is 0.491 e. The predicted molar refractivity (Wildman–Crippen MR) is 114 cm³/mol. The summed E-state index contributed by atoms with van der Waals surface area (Å²) in [6.07, 6.45) is 2.42. The van der Waals surface area contributed by atoms with Crippen molar-refractivity contribution in [3.05, 3.63) is 64.3 Å². The van der Waals surface area contributed by atoms with Crippen LogP contribution in [0.25, 0.3) is 6.08 Å². The number of nitrogens with zero attached hydrogens (tertiary/aromatic N) is 1. The van der Waals surface area contributed by atoms with Gasteiger partial charge in [0.2, 0.25) is 5.91 Å². The minimum absolute atomic E-state index is 0.0587. The molecule has 1 heterocycles.